The quantitative estimate of drug-likeness (QED) is 0.328. The molecule has 230 valence electrons. The minimum atomic E-state index is -2.11. The van der Waals surface area contributed by atoms with E-state index < -0.39 is 14.4 Å². The Morgan fingerprint density at radius 3 is 2.24 bits per heavy atom. The van der Waals surface area contributed by atoms with Gasteiger partial charge in [0.1, 0.15) is 6.10 Å². The van der Waals surface area contributed by atoms with Gasteiger partial charge in [0.05, 0.1) is 32.5 Å². The highest BCUT2D eigenvalue weighted by atomic mass is 28.4. The van der Waals surface area contributed by atoms with Crippen LogP contribution in [0.3, 0.4) is 0 Å². The summed E-state index contributed by atoms with van der Waals surface area (Å²) in [4.78, 5) is 5.43. The van der Waals surface area contributed by atoms with Crippen LogP contribution in [0, 0.1) is 5.41 Å². The van der Waals surface area contributed by atoms with Crippen molar-refractivity contribution >= 4 is 13.9 Å². The normalized spacial score (nSPS) is 22.8. The second-order valence-corrected chi connectivity index (χ2v) is 20.6. The van der Waals surface area contributed by atoms with E-state index >= 15 is 0 Å². The number of nitrogens with zero attached hydrogens (tertiary/aromatic N) is 1. The van der Waals surface area contributed by atoms with Gasteiger partial charge in [-0.05, 0) is 71.0 Å². The van der Waals surface area contributed by atoms with Crippen molar-refractivity contribution in [3.05, 3.63) is 69.5 Å². The molecule has 2 atom stereocenters. The van der Waals surface area contributed by atoms with E-state index in [4.69, 9.17) is 18.9 Å². The third-order valence-corrected chi connectivity index (χ3v) is 14.7. The van der Waals surface area contributed by atoms with Crippen LogP contribution in [-0.2, 0) is 25.7 Å². The van der Waals surface area contributed by atoms with Crippen LogP contribution in [0.1, 0.15) is 126 Å². The van der Waals surface area contributed by atoms with Gasteiger partial charge in [0, 0.05) is 27.9 Å². The van der Waals surface area contributed by atoms with Gasteiger partial charge in [0.15, 0.2) is 8.32 Å². The maximum absolute atomic E-state index is 12.3. The summed E-state index contributed by atoms with van der Waals surface area (Å²) in [5, 5.41) is 12.4. The van der Waals surface area contributed by atoms with Gasteiger partial charge in [-0.3, -0.25) is 4.98 Å². The fraction of sp³-hybridized carbons (Fsp3) is 0.639. The fourth-order valence-electron chi connectivity index (χ4n) is 6.55. The molecule has 2 aromatic rings. The monoisotopic (exact) mass is 591 g/mol. The van der Waals surface area contributed by atoms with E-state index in [0.717, 1.165) is 55.0 Å². The third-order valence-electron chi connectivity index (χ3n) is 10.2. The zero-order valence-electron chi connectivity index (χ0n) is 27.7. The molecule has 1 saturated heterocycles. The Hall–Kier alpha value is -1.83. The number of ether oxygens (including phenoxy) is 2. The van der Waals surface area contributed by atoms with Crippen LogP contribution in [-0.4, -0.2) is 44.8 Å². The van der Waals surface area contributed by atoms with E-state index in [1.807, 2.05) is 0 Å². The van der Waals surface area contributed by atoms with Crippen LogP contribution in [0.4, 0.5) is 0 Å². The van der Waals surface area contributed by atoms with Crippen molar-refractivity contribution in [1.82, 2.24) is 4.98 Å². The van der Waals surface area contributed by atoms with Gasteiger partial charge < -0.3 is 19.0 Å². The predicted molar refractivity (Wildman–Crippen MR) is 174 cm³/mol. The maximum atomic E-state index is 12.3. The first-order valence-electron chi connectivity index (χ1n) is 15.9. The zero-order valence-corrected chi connectivity index (χ0v) is 28.7. The topological polar surface area (TPSA) is 60.8 Å². The molecule has 3 aliphatic rings. The molecule has 1 N–H and O–H groups in total. The number of aliphatic hydroxyl groups excluding tert-OH is 1. The summed E-state index contributed by atoms with van der Waals surface area (Å²) in [6.07, 6.45) is 4.04. The molecule has 6 heteroatoms. The first-order valence-corrected chi connectivity index (χ1v) is 18.8. The molecule has 1 aromatic carbocycles. The van der Waals surface area contributed by atoms with E-state index in [0.29, 0.717) is 13.2 Å². The Labute approximate surface area is 255 Å². The summed E-state index contributed by atoms with van der Waals surface area (Å²) >= 11 is 0. The molecule has 2 aliphatic heterocycles. The average Bonchev–Trinajstić information content (AvgIpc) is 2.89. The van der Waals surface area contributed by atoms with Crippen molar-refractivity contribution in [3.8, 4) is 0 Å². The lowest BCUT2D eigenvalue weighted by Gasteiger charge is -2.45. The average molecular weight is 592 g/mol. The number of hydrogen-bond donors (Lipinski definition) is 1. The molecule has 0 unspecified atom stereocenters. The molecule has 0 amide bonds. The molecule has 3 heterocycles. The molecule has 42 heavy (non-hydrogen) atoms. The number of aromatic nitrogens is 1. The third kappa shape index (κ3) is 5.95. The largest absolute Gasteiger partial charge is 0.410 e. The number of fused-ring (bicyclic) bond motifs is 1. The molecule has 0 saturated carbocycles. The molecule has 0 bridgehead atoms. The molecular weight excluding hydrogens is 538 g/mol. The number of aliphatic hydroxyl groups is 1. The molecular formula is C36H53NO4Si. The molecule has 0 radical (unpaired) electrons. The van der Waals surface area contributed by atoms with E-state index in [1.54, 1.807) is 0 Å². The van der Waals surface area contributed by atoms with Gasteiger partial charge in [-0.15, -0.1) is 0 Å². The summed E-state index contributed by atoms with van der Waals surface area (Å²) < 4.78 is 18.6. The van der Waals surface area contributed by atoms with Crippen molar-refractivity contribution in [2.24, 2.45) is 5.41 Å². The highest BCUT2D eigenvalue weighted by molar-refractivity contribution is 6.74. The summed E-state index contributed by atoms with van der Waals surface area (Å²) in [7, 11) is -2.11. The molecule has 0 spiro atoms. The Balaban J connectivity index is 1.72. The number of hydrogen-bond acceptors (Lipinski definition) is 5. The second kappa shape index (κ2) is 11.3. The number of pyridine rings is 1. The lowest BCUT2D eigenvalue weighted by molar-refractivity contribution is -0.0500. The summed E-state index contributed by atoms with van der Waals surface area (Å²) in [6, 6.07) is 8.53. The van der Waals surface area contributed by atoms with Gasteiger partial charge in [-0.1, -0.05) is 85.7 Å². The summed E-state index contributed by atoms with van der Waals surface area (Å²) in [5.41, 5.74) is 9.01. The van der Waals surface area contributed by atoms with Gasteiger partial charge in [0.2, 0.25) is 0 Å². The minimum absolute atomic E-state index is 0.0547. The van der Waals surface area contributed by atoms with E-state index in [9.17, 15) is 5.11 Å². The van der Waals surface area contributed by atoms with Crippen molar-refractivity contribution in [3.63, 3.8) is 0 Å². The molecule has 5 nitrogen and oxygen atoms in total. The van der Waals surface area contributed by atoms with Gasteiger partial charge in [0.25, 0.3) is 0 Å². The highest BCUT2D eigenvalue weighted by Crippen LogP contribution is 2.51. The Morgan fingerprint density at radius 2 is 1.71 bits per heavy atom. The SMILES string of the molecule is CC(C)c1nc2c(c(C3=CCOCC3)c1[C@@H](O)c1ccc(C3(C)COC3)cc1)[C@@H](O[Si](C)(C)C(C)(C)C)CC(C)(C)C2. The van der Waals surface area contributed by atoms with Crippen LogP contribution in [0.15, 0.2) is 30.3 Å². The van der Waals surface area contributed by atoms with Crippen LogP contribution in [0.5, 0.6) is 0 Å². The first kappa shape index (κ1) is 31.6. The number of benzene rings is 1. The van der Waals surface area contributed by atoms with Crippen LogP contribution >= 0.6 is 0 Å². The molecule has 1 aliphatic carbocycles. The lowest BCUT2D eigenvalue weighted by Crippen LogP contribution is -2.44. The van der Waals surface area contributed by atoms with Crippen molar-refractivity contribution in [2.75, 3.05) is 26.4 Å². The highest BCUT2D eigenvalue weighted by Gasteiger charge is 2.45. The zero-order chi connectivity index (χ0) is 30.7. The molecule has 1 aromatic heterocycles. The minimum Gasteiger partial charge on any atom is -0.410 e. The van der Waals surface area contributed by atoms with Crippen molar-refractivity contribution < 1.29 is 19.0 Å². The van der Waals surface area contributed by atoms with Gasteiger partial charge in [-0.2, -0.15) is 0 Å². The van der Waals surface area contributed by atoms with Crippen LogP contribution in [0.2, 0.25) is 18.1 Å². The van der Waals surface area contributed by atoms with Crippen molar-refractivity contribution in [2.45, 2.75) is 116 Å². The van der Waals surface area contributed by atoms with E-state index in [2.05, 4.69) is 98.8 Å². The fourth-order valence-corrected chi connectivity index (χ4v) is 7.82. The number of rotatable bonds is 7. The lowest BCUT2D eigenvalue weighted by atomic mass is 9.71. The standard InChI is InChI=1S/C36H53NO4Si/c1-23(2)32-31(33(38)25-11-13-26(14-12-25)36(8)21-40-22-36)29(24-15-17-39-18-16-24)30-27(37-32)19-35(6,7)20-28(30)41-42(9,10)34(3,4)5/h11-15,23,28,33,38H,16-22H2,1-10H3/t28-,33-/m0/s1. The first-order chi connectivity index (χ1) is 19.5. The van der Waals surface area contributed by atoms with Crippen molar-refractivity contribution in [1.29, 1.82) is 0 Å². The van der Waals surface area contributed by atoms with Gasteiger partial charge in [-0.25, -0.2) is 0 Å². The second-order valence-electron chi connectivity index (χ2n) is 15.8. The van der Waals surface area contributed by atoms with Gasteiger partial charge >= 0.3 is 0 Å². The smallest absolute Gasteiger partial charge is 0.192 e. The molecule has 1 fully saturated rings. The van der Waals surface area contributed by atoms with E-state index in [-0.39, 0.29) is 27.9 Å². The van der Waals surface area contributed by atoms with Crippen LogP contribution in [0.25, 0.3) is 5.57 Å². The Morgan fingerprint density at radius 1 is 1.05 bits per heavy atom. The van der Waals surface area contributed by atoms with Crippen LogP contribution < -0.4 is 0 Å². The maximum Gasteiger partial charge on any atom is 0.192 e. The Kier molecular flexibility index (Phi) is 8.47. The summed E-state index contributed by atoms with van der Waals surface area (Å²) in [6.45, 7) is 25.7. The molecule has 5 rings (SSSR count). The predicted octanol–water partition coefficient (Wildman–Crippen LogP) is 8.41. The Bertz CT molecular complexity index is 1330. The summed E-state index contributed by atoms with van der Waals surface area (Å²) in [5.74, 6) is 0.161. The van der Waals surface area contributed by atoms with E-state index in [1.165, 1.54) is 22.3 Å².